The van der Waals surface area contributed by atoms with Gasteiger partial charge in [-0.25, -0.2) is 0 Å². The highest BCUT2D eigenvalue weighted by Gasteiger charge is 2.32. The molecule has 0 saturated heterocycles. The van der Waals surface area contributed by atoms with Crippen LogP contribution < -0.4 is 11.1 Å². The molecule has 1 heterocycles. The minimum Gasteiger partial charge on any atom is -0.481 e. The molecule has 5 N–H and O–H groups in total. The lowest BCUT2D eigenvalue weighted by Gasteiger charge is -2.34. The molecular weight excluding hydrogens is 316 g/mol. The normalized spacial score (nSPS) is 17.5. The zero-order valence-corrected chi connectivity index (χ0v) is 14.3. The number of carbonyl (C=O) groups is 2. The van der Waals surface area contributed by atoms with Crippen molar-refractivity contribution in [2.24, 2.45) is 11.1 Å². The topological polar surface area (TPSA) is 113 Å². The molecule has 1 aromatic heterocycles. The molecule has 130 valence electrons. The van der Waals surface area contributed by atoms with E-state index in [2.05, 4.69) is 5.32 Å². The van der Waals surface area contributed by atoms with Crippen LogP contribution in [0.1, 0.15) is 45.4 Å². The number of nitrogens with two attached hydrogens (primary N) is 1. The summed E-state index contributed by atoms with van der Waals surface area (Å²) in [7, 11) is 0. The van der Waals surface area contributed by atoms with Crippen molar-refractivity contribution in [1.29, 1.82) is 0 Å². The monoisotopic (exact) mass is 342 g/mol. The van der Waals surface area contributed by atoms with Gasteiger partial charge in [0, 0.05) is 11.1 Å². The van der Waals surface area contributed by atoms with Crippen LogP contribution in [0.3, 0.4) is 0 Å². The Balaban J connectivity index is 0.000000231. The molecule has 1 fully saturated rings. The van der Waals surface area contributed by atoms with Crippen molar-refractivity contribution < 1.29 is 19.8 Å². The predicted molar refractivity (Wildman–Crippen MR) is 91.9 cm³/mol. The molecule has 0 aliphatic heterocycles. The quantitative estimate of drug-likeness (QED) is 0.632. The lowest BCUT2D eigenvalue weighted by molar-refractivity contribution is -0.140. The van der Waals surface area contributed by atoms with Gasteiger partial charge in [0.15, 0.2) is 0 Å². The second-order valence-electron chi connectivity index (χ2n) is 6.05. The van der Waals surface area contributed by atoms with E-state index in [-0.39, 0.29) is 11.8 Å². The second-order valence-corrected chi connectivity index (χ2v) is 6.83. The van der Waals surface area contributed by atoms with Crippen LogP contribution in [-0.4, -0.2) is 34.7 Å². The van der Waals surface area contributed by atoms with E-state index < -0.39 is 18.0 Å². The molecule has 1 saturated carbocycles. The smallest absolute Gasteiger partial charge is 0.325 e. The van der Waals surface area contributed by atoms with Gasteiger partial charge in [-0.05, 0) is 43.2 Å². The fraction of sp³-hybridized carbons (Fsp3) is 0.625. The number of hydrogen-bond donors (Lipinski definition) is 4. The number of rotatable bonds is 6. The molecule has 7 heteroatoms. The maximum Gasteiger partial charge on any atom is 0.325 e. The standard InChI is InChI=1S/C9H17NO2.C7H9NO2S/c10-7-9(6-8(11)12)4-2-1-3-5-9;1-5(7(9)10)8-6-2-3-11-4-6/h1-7,10H2,(H,11,12);2-5,8H,1H3,(H,9,10)/t;5-/m.0/s1. The Labute approximate surface area is 140 Å². The molecule has 1 aliphatic rings. The second kappa shape index (κ2) is 9.52. The molecule has 0 radical (unpaired) electrons. The first-order chi connectivity index (χ1) is 10.9. The third kappa shape index (κ3) is 7.00. The third-order valence-corrected chi connectivity index (χ3v) is 4.83. The Kier molecular flexibility index (Phi) is 8.05. The van der Waals surface area contributed by atoms with E-state index in [0.717, 1.165) is 31.4 Å². The van der Waals surface area contributed by atoms with Crippen molar-refractivity contribution in [2.45, 2.75) is 51.5 Å². The summed E-state index contributed by atoms with van der Waals surface area (Å²) in [6.45, 7) is 2.14. The van der Waals surface area contributed by atoms with E-state index in [0.29, 0.717) is 6.54 Å². The minimum absolute atomic E-state index is 0.0793. The average molecular weight is 342 g/mol. The lowest BCUT2D eigenvalue weighted by atomic mass is 9.72. The van der Waals surface area contributed by atoms with E-state index in [1.807, 2.05) is 16.8 Å². The van der Waals surface area contributed by atoms with Gasteiger partial charge in [0.25, 0.3) is 0 Å². The molecule has 23 heavy (non-hydrogen) atoms. The molecule has 0 aromatic carbocycles. The Morgan fingerprint density at radius 2 is 2.00 bits per heavy atom. The number of carboxylic acid groups (broad SMARTS) is 2. The van der Waals surface area contributed by atoms with Crippen molar-refractivity contribution in [3.63, 3.8) is 0 Å². The van der Waals surface area contributed by atoms with Crippen molar-refractivity contribution in [1.82, 2.24) is 0 Å². The minimum atomic E-state index is -0.837. The number of anilines is 1. The van der Waals surface area contributed by atoms with Crippen LogP contribution in [0.5, 0.6) is 0 Å². The van der Waals surface area contributed by atoms with E-state index in [9.17, 15) is 9.59 Å². The number of hydrogen-bond acceptors (Lipinski definition) is 5. The van der Waals surface area contributed by atoms with Crippen LogP contribution in [-0.2, 0) is 9.59 Å². The highest BCUT2D eigenvalue weighted by Crippen LogP contribution is 2.38. The summed E-state index contributed by atoms with van der Waals surface area (Å²) in [5, 5.41) is 23.8. The zero-order valence-electron chi connectivity index (χ0n) is 13.5. The maximum absolute atomic E-state index is 10.6. The molecule has 0 spiro atoms. The first-order valence-corrected chi connectivity index (χ1v) is 8.76. The first kappa shape index (κ1) is 19.4. The van der Waals surface area contributed by atoms with Crippen LogP contribution in [0, 0.1) is 5.41 Å². The summed E-state index contributed by atoms with van der Waals surface area (Å²) < 4.78 is 0. The van der Waals surface area contributed by atoms with E-state index in [1.54, 1.807) is 6.92 Å². The molecule has 0 bridgehead atoms. The highest BCUT2D eigenvalue weighted by molar-refractivity contribution is 7.08. The lowest BCUT2D eigenvalue weighted by Crippen LogP contribution is -2.34. The summed E-state index contributed by atoms with van der Waals surface area (Å²) in [5.41, 5.74) is 6.41. The van der Waals surface area contributed by atoms with Gasteiger partial charge in [0.05, 0.1) is 6.42 Å². The summed E-state index contributed by atoms with van der Waals surface area (Å²) in [6, 6.07) is 1.33. The van der Waals surface area contributed by atoms with Crippen molar-refractivity contribution in [3.8, 4) is 0 Å². The number of carboxylic acids is 2. The van der Waals surface area contributed by atoms with E-state index in [1.165, 1.54) is 17.8 Å². The maximum atomic E-state index is 10.6. The Hall–Kier alpha value is -1.60. The predicted octanol–water partition coefficient (Wildman–Crippen LogP) is 3.00. The third-order valence-electron chi connectivity index (χ3n) is 4.15. The number of thiophene rings is 1. The summed E-state index contributed by atoms with van der Waals surface area (Å²) in [5.74, 6) is -1.54. The highest BCUT2D eigenvalue weighted by atomic mass is 32.1. The Morgan fingerprint density at radius 3 is 2.43 bits per heavy atom. The van der Waals surface area contributed by atoms with Crippen molar-refractivity contribution in [3.05, 3.63) is 16.8 Å². The Morgan fingerprint density at radius 1 is 1.35 bits per heavy atom. The van der Waals surface area contributed by atoms with E-state index >= 15 is 0 Å². The summed E-state index contributed by atoms with van der Waals surface area (Å²) in [4.78, 5) is 20.9. The van der Waals surface area contributed by atoms with Gasteiger partial charge in [0.1, 0.15) is 6.04 Å². The summed E-state index contributed by atoms with van der Waals surface area (Å²) in [6.07, 6.45) is 5.77. The van der Waals surface area contributed by atoms with Gasteiger partial charge in [-0.15, -0.1) is 0 Å². The van der Waals surface area contributed by atoms with Crippen molar-refractivity contribution in [2.75, 3.05) is 11.9 Å². The fourth-order valence-electron chi connectivity index (χ4n) is 2.73. The summed E-state index contributed by atoms with van der Waals surface area (Å²) >= 11 is 1.54. The average Bonchev–Trinajstić information content (AvgIpc) is 3.01. The molecule has 1 aromatic rings. The van der Waals surface area contributed by atoms with Gasteiger partial charge < -0.3 is 21.3 Å². The molecule has 2 rings (SSSR count). The largest absolute Gasteiger partial charge is 0.481 e. The van der Waals surface area contributed by atoms with Gasteiger partial charge in [-0.3, -0.25) is 9.59 Å². The fourth-order valence-corrected chi connectivity index (χ4v) is 3.33. The molecular formula is C16H26N2O4S. The molecule has 1 atom stereocenters. The molecule has 0 amide bonds. The van der Waals surface area contributed by atoms with Crippen LogP contribution >= 0.6 is 11.3 Å². The molecule has 1 aliphatic carbocycles. The SMILES string of the molecule is C[C@H](Nc1ccsc1)C(=O)O.NCC1(CC(=O)O)CCCCC1. The van der Waals surface area contributed by atoms with Crippen LogP contribution in [0.25, 0.3) is 0 Å². The van der Waals surface area contributed by atoms with Gasteiger partial charge in [0.2, 0.25) is 0 Å². The zero-order chi connectivity index (χ0) is 17.3. The molecule has 6 nitrogen and oxygen atoms in total. The van der Waals surface area contributed by atoms with Gasteiger partial charge in [-0.2, -0.15) is 11.3 Å². The van der Waals surface area contributed by atoms with Crippen LogP contribution in [0.15, 0.2) is 16.8 Å². The van der Waals surface area contributed by atoms with Crippen LogP contribution in [0.4, 0.5) is 5.69 Å². The first-order valence-electron chi connectivity index (χ1n) is 7.82. The van der Waals surface area contributed by atoms with Crippen LogP contribution in [0.2, 0.25) is 0 Å². The van der Waals surface area contributed by atoms with Crippen molar-refractivity contribution >= 4 is 29.0 Å². The number of nitrogens with one attached hydrogen (secondary N) is 1. The number of aliphatic carboxylic acids is 2. The van der Waals surface area contributed by atoms with Gasteiger partial charge >= 0.3 is 11.9 Å². The van der Waals surface area contributed by atoms with Gasteiger partial charge in [-0.1, -0.05) is 19.3 Å². The van der Waals surface area contributed by atoms with E-state index in [4.69, 9.17) is 15.9 Å². The Bertz CT molecular complexity index is 484. The molecule has 0 unspecified atom stereocenters.